The van der Waals surface area contributed by atoms with Crippen molar-refractivity contribution in [2.24, 2.45) is 0 Å². The number of hydrogen-bond acceptors (Lipinski definition) is 4. The zero-order chi connectivity index (χ0) is 10.9. The second-order valence-corrected chi connectivity index (χ2v) is 7.52. The maximum absolute atomic E-state index is 12.4. The van der Waals surface area contributed by atoms with Crippen molar-refractivity contribution in [3.05, 3.63) is 17.5 Å². The van der Waals surface area contributed by atoms with Gasteiger partial charge in [0, 0.05) is 6.54 Å². The number of rotatable bonds is 4. The molecule has 1 fully saturated rings. The summed E-state index contributed by atoms with van der Waals surface area (Å²) in [5.74, 6) is 0. The van der Waals surface area contributed by atoms with Crippen LogP contribution in [0.2, 0.25) is 0 Å². The minimum Gasteiger partial charge on any atom is -0.318 e. The minimum atomic E-state index is -3.13. The van der Waals surface area contributed by atoms with Crippen molar-refractivity contribution in [1.82, 2.24) is 5.32 Å². The Morgan fingerprint density at radius 2 is 2.27 bits per heavy atom. The number of hydrogen-bond donors (Lipinski definition) is 1. The summed E-state index contributed by atoms with van der Waals surface area (Å²) in [5, 5.41) is 4.82. The lowest BCUT2D eigenvalue weighted by Crippen LogP contribution is -2.51. The van der Waals surface area contributed by atoms with E-state index < -0.39 is 14.6 Å². The van der Waals surface area contributed by atoms with Gasteiger partial charge >= 0.3 is 0 Å². The van der Waals surface area contributed by atoms with Crippen LogP contribution >= 0.6 is 11.3 Å². The van der Waals surface area contributed by atoms with Crippen LogP contribution in [-0.2, 0) is 9.84 Å². The van der Waals surface area contributed by atoms with E-state index in [0.29, 0.717) is 10.8 Å². The lowest BCUT2D eigenvalue weighted by atomic mass is 9.84. The van der Waals surface area contributed by atoms with Gasteiger partial charge in [0.25, 0.3) is 0 Å². The van der Waals surface area contributed by atoms with Crippen LogP contribution in [0.25, 0.3) is 0 Å². The molecule has 1 aliphatic rings. The second-order valence-electron chi connectivity index (χ2n) is 4.00. The van der Waals surface area contributed by atoms with Gasteiger partial charge in [0.15, 0.2) is 9.84 Å². The van der Waals surface area contributed by atoms with Crippen LogP contribution in [0.4, 0.5) is 0 Å². The quantitative estimate of drug-likeness (QED) is 0.877. The van der Waals surface area contributed by atoms with Crippen molar-refractivity contribution in [3.63, 3.8) is 0 Å². The molecule has 3 nitrogen and oxygen atoms in total. The van der Waals surface area contributed by atoms with Crippen molar-refractivity contribution in [2.75, 3.05) is 13.6 Å². The fraction of sp³-hybridized carbons (Fsp3) is 0.600. The molecule has 1 aromatic heterocycles. The summed E-state index contributed by atoms with van der Waals surface area (Å²) in [7, 11) is -1.32. The van der Waals surface area contributed by atoms with Gasteiger partial charge in [-0.05, 0) is 31.3 Å². The molecule has 0 bridgehead atoms. The molecular formula is C10H15NO2S2. The highest BCUT2D eigenvalue weighted by molar-refractivity contribution is 7.94. The molecule has 0 aromatic carbocycles. The van der Waals surface area contributed by atoms with Crippen LogP contribution in [0.3, 0.4) is 0 Å². The van der Waals surface area contributed by atoms with E-state index in [9.17, 15) is 8.42 Å². The van der Waals surface area contributed by atoms with Crippen LogP contribution in [0, 0.1) is 0 Å². The van der Waals surface area contributed by atoms with Crippen LogP contribution in [0.5, 0.6) is 0 Å². The van der Waals surface area contributed by atoms with Crippen LogP contribution in [0.1, 0.15) is 19.3 Å². The van der Waals surface area contributed by atoms with Gasteiger partial charge < -0.3 is 5.32 Å². The molecular weight excluding hydrogens is 230 g/mol. The van der Waals surface area contributed by atoms with Crippen molar-refractivity contribution in [1.29, 1.82) is 0 Å². The summed E-state index contributed by atoms with van der Waals surface area (Å²) in [6, 6.07) is 3.50. The molecule has 0 aliphatic heterocycles. The zero-order valence-corrected chi connectivity index (χ0v) is 10.3. The largest absolute Gasteiger partial charge is 0.318 e. The molecule has 15 heavy (non-hydrogen) atoms. The summed E-state index contributed by atoms with van der Waals surface area (Å²) < 4.78 is 24.7. The third-order valence-electron chi connectivity index (χ3n) is 3.09. The first-order valence-corrected chi connectivity index (χ1v) is 7.41. The van der Waals surface area contributed by atoms with E-state index >= 15 is 0 Å². The molecule has 1 saturated carbocycles. The standard InChI is InChI=1S/C10H15NO2S2/c1-11-8-10(5-3-6-10)15(12,13)9-4-2-7-14-9/h2,4,7,11H,3,5-6,8H2,1H3. The Morgan fingerprint density at radius 1 is 1.53 bits per heavy atom. The smallest absolute Gasteiger partial charge is 0.194 e. The molecule has 0 spiro atoms. The van der Waals surface area contributed by atoms with E-state index in [-0.39, 0.29) is 0 Å². The van der Waals surface area contributed by atoms with Gasteiger partial charge in [-0.3, -0.25) is 0 Å². The number of nitrogens with one attached hydrogen (secondary N) is 1. The summed E-state index contributed by atoms with van der Waals surface area (Å²) in [6.45, 7) is 0.563. The van der Waals surface area contributed by atoms with E-state index in [1.807, 2.05) is 12.4 Å². The van der Waals surface area contributed by atoms with Crippen molar-refractivity contribution >= 4 is 21.2 Å². The predicted octanol–water partition coefficient (Wildman–Crippen LogP) is 1.66. The summed E-state index contributed by atoms with van der Waals surface area (Å²) >= 11 is 1.32. The average molecular weight is 245 g/mol. The van der Waals surface area contributed by atoms with Crippen molar-refractivity contribution in [3.8, 4) is 0 Å². The maximum Gasteiger partial charge on any atom is 0.194 e. The molecule has 1 aliphatic carbocycles. The van der Waals surface area contributed by atoms with E-state index in [1.165, 1.54) is 11.3 Å². The van der Waals surface area contributed by atoms with E-state index in [1.54, 1.807) is 12.1 Å². The second kappa shape index (κ2) is 3.88. The Balaban J connectivity index is 2.36. The third-order valence-corrected chi connectivity index (χ3v) is 7.06. The first-order chi connectivity index (χ1) is 7.12. The molecule has 84 valence electrons. The average Bonchev–Trinajstić information content (AvgIpc) is 2.63. The normalized spacial score (nSPS) is 19.8. The Morgan fingerprint density at radius 3 is 2.67 bits per heavy atom. The molecule has 0 amide bonds. The van der Waals surface area contributed by atoms with E-state index in [0.717, 1.165) is 19.3 Å². The predicted molar refractivity (Wildman–Crippen MR) is 62.0 cm³/mol. The van der Waals surface area contributed by atoms with Gasteiger partial charge in [-0.25, -0.2) is 8.42 Å². The van der Waals surface area contributed by atoms with Crippen LogP contribution < -0.4 is 5.32 Å². The first-order valence-electron chi connectivity index (χ1n) is 5.05. The minimum absolute atomic E-state index is 0.512. The molecule has 0 saturated heterocycles. The Labute approximate surface area is 94.4 Å². The highest BCUT2D eigenvalue weighted by Gasteiger charge is 2.49. The van der Waals surface area contributed by atoms with Crippen LogP contribution in [0.15, 0.2) is 21.7 Å². The fourth-order valence-electron chi connectivity index (χ4n) is 2.06. The fourth-order valence-corrected chi connectivity index (χ4v) is 5.56. The van der Waals surface area contributed by atoms with E-state index in [2.05, 4.69) is 5.32 Å². The van der Waals surface area contributed by atoms with Gasteiger partial charge in [0.05, 0.1) is 4.75 Å². The van der Waals surface area contributed by atoms with Gasteiger partial charge in [0.2, 0.25) is 0 Å². The number of thiophene rings is 1. The summed E-state index contributed by atoms with van der Waals surface area (Å²) in [5.41, 5.74) is 0. The highest BCUT2D eigenvalue weighted by Crippen LogP contribution is 2.43. The lowest BCUT2D eigenvalue weighted by Gasteiger charge is -2.40. The Kier molecular flexibility index (Phi) is 2.87. The molecule has 1 N–H and O–H groups in total. The van der Waals surface area contributed by atoms with Gasteiger partial charge in [0.1, 0.15) is 4.21 Å². The third kappa shape index (κ3) is 1.62. The molecule has 1 heterocycles. The molecule has 0 radical (unpaired) electrons. The SMILES string of the molecule is CNCC1(S(=O)(=O)c2cccs2)CCC1. The van der Waals surface area contributed by atoms with Crippen molar-refractivity contribution < 1.29 is 8.42 Å². The topological polar surface area (TPSA) is 46.2 Å². The van der Waals surface area contributed by atoms with Gasteiger partial charge in [-0.1, -0.05) is 12.5 Å². The molecule has 1 aromatic rings. The lowest BCUT2D eigenvalue weighted by molar-refractivity contribution is 0.329. The molecule has 0 unspecified atom stereocenters. The molecule has 5 heteroatoms. The van der Waals surface area contributed by atoms with E-state index in [4.69, 9.17) is 0 Å². The number of sulfone groups is 1. The summed E-state index contributed by atoms with van der Waals surface area (Å²) in [4.78, 5) is 0. The summed E-state index contributed by atoms with van der Waals surface area (Å²) in [6.07, 6.45) is 2.59. The highest BCUT2D eigenvalue weighted by atomic mass is 32.2. The monoisotopic (exact) mass is 245 g/mol. The van der Waals surface area contributed by atoms with Crippen LogP contribution in [-0.4, -0.2) is 26.8 Å². The molecule has 0 atom stereocenters. The first kappa shape index (κ1) is 11.1. The van der Waals surface area contributed by atoms with Gasteiger partial charge in [-0.15, -0.1) is 11.3 Å². The molecule has 2 rings (SSSR count). The Bertz CT molecular complexity index is 418. The maximum atomic E-state index is 12.4. The van der Waals surface area contributed by atoms with Crippen molar-refractivity contribution in [2.45, 2.75) is 28.2 Å². The zero-order valence-electron chi connectivity index (χ0n) is 8.69. The van der Waals surface area contributed by atoms with Gasteiger partial charge in [-0.2, -0.15) is 0 Å². The Hall–Kier alpha value is -0.390.